The summed E-state index contributed by atoms with van der Waals surface area (Å²) in [6.45, 7) is 3.80. The lowest BCUT2D eigenvalue weighted by molar-refractivity contribution is 0.0729. The molecule has 1 aliphatic heterocycles. The second-order valence-corrected chi connectivity index (χ2v) is 10.2. The van der Waals surface area contributed by atoms with Gasteiger partial charge in [-0.2, -0.15) is 4.31 Å². The Morgan fingerprint density at radius 2 is 1.38 bits per heavy atom. The van der Waals surface area contributed by atoms with Gasteiger partial charge in [0.1, 0.15) is 0 Å². The molecule has 0 radical (unpaired) electrons. The molecular formula is C26H28N2O3S. The van der Waals surface area contributed by atoms with E-state index in [1.165, 1.54) is 4.31 Å². The van der Waals surface area contributed by atoms with Gasteiger partial charge in [-0.1, -0.05) is 66.7 Å². The molecule has 0 aromatic heterocycles. The molecule has 0 aliphatic carbocycles. The van der Waals surface area contributed by atoms with E-state index in [1.54, 1.807) is 23.1 Å². The number of aryl methyl sites for hydroxylation is 1. The van der Waals surface area contributed by atoms with Crippen molar-refractivity contribution in [2.75, 3.05) is 13.1 Å². The molecule has 0 bridgehead atoms. The van der Waals surface area contributed by atoms with Gasteiger partial charge in [-0.05, 0) is 48.6 Å². The van der Waals surface area contributed by atoms with Crippen LogP contribution >= 0.6 is 0 Å². The molecule has 6 heteroatoms. The first-order chi connectivity index (χ1) is 15.4. The lowest BCUT2D eigenvalue weighted by atomic mass is 10.1. The average Bonchev–Trinajstić information content (AvgIpc) is 3.36. The van der Waals surface area contributed by atoms with Crippen molar-refractivity contribution in [3.05, 3.63) is 101 Å². The van der Waals surface area contributed by atoms with Crippen LogP contribution in [0.3, 0.4) is 0 Å². The molecule has 166 valence electrons. The van der Waals surface area contributed by atoms with Crippen LogP contribution in [-0.4, -0.2) is 36.6 Å². The summed E-state index contributed by atoms with van der Waals surface area (Å²) in [5.74, 6) is -0.173. The number of benzene rings is 3. The van der Waals surface area contributed by atoms with Crippen LogP contribution in [0.4, 0.5) is 0 Å². The summed E-state index contributed by atoms with van der Waals surface area (Å²) in [6, 6.07) is 24.6. The van der Waals surface area contributed by atoms with Crippen molar-refractivity contribution >= 4 is 15.9 Å². The standard InChI is InChI=1S/C26H28N2O3S/c1-21-14-15-24(32(30,31)28-16-8-9-17-28)18-25(21)26(29)27(19-22-10-4-2-5-11-22)20-23-12-6-3-7-13-23/h2-7,10-15,18H,8-9,16-17,19-20H2,1H3. The zero-order valence-corrected chi connectivity index (χ0v) is 19.1. The maximum atomic E-state index is 13.7. The fourth-order valence-corrected chi connectivity index (χ4v) is 5.59. The monoisotopic (exact) mass is 448 g/mol. The van der Waals surface area contributed by atoms with E-state index in [0.717, 1.165) is 29.5 Å². The maximum absolute atomic E-state index is 13.7. The highest BCUT2D eigenvalue weighted by molar-refractivity contribution is 7.89. The lowest BCUT2D eigenvalue weighted by Crippen LogP contribution is -2.31. The Kier molecular flexibility index (Phi) is 6.72. The van der Waals surface area contributed by atoms with Crippen LogP contribution in [0.15, 0.2) is 83.8 Å². The Bertz CT molecular complexity index is 1130. The van der Waals surface area contributed by atoms with Gasteiger partial charge in [0.25, 0.3) is 5.91 Å². The smallest absolute Gasteiger partial charge is 0.254 e. The summed E-state index contributed by atoms with van der Waals surface area (Å²) in [6.07, 6.45) is 1.75. The van der Waals surface area contributed by atoms with Crippen molar-refractivity contribution in [3.8, 4) is 0 Å². The first-order valence-electron chi connectivity index (χ1n) is 10.9. The van der Waals surface area contributed by atoms with Gasteiger partial charge in [0.15, 0.2) is 0 Å². The molecule has 5 nitrogen and oxygen atoms in total. The second kappa shape index (κ2) is 9.67. The molecule has 0 N–H and O–H groups in total. The van der Waals surface area contributed by atoms with E-state index < -0.39 is 10.0 Å². The van der Waals surface area contributed by atoms with E-state index in [4.69, 9.17) is 0 Å². The first kappa shape index (κ1) is 22.2. The van der Waals surface area contributed by atoms with E-state index in [1.807, 2.05) is 67.6 Å². The third-order valence-corrected chi connectivity index (χ3v) is 7.76. The average molecular weight is 449 g/mol. The van der Waals surface area contributed by atoms with Crippen LogP contribution in [0.2, 0.25) is 0 Å². The maximum Gasteiger partial charge on any atom is 0.254 e. The molecule has 3 aromatic carbocycles. The predicted octanol–water partition coefficient (Wildman–Crippen LogP) is 4.62. The van der Waals surface area contributed by atoms with Gasteiger partial charge < -0.3 is 4.90 Å². The summed E-state index contributed by atoms with van der Waals surface area (Å²) in [7, 11) is -3.59. The Morgan fingerprint density at radius 1 is 0.844 bits per heavy atom. The topological polar surface area (TPSA) is 57.7 Å². The number of sulfonamides is 1. The third-order valence-electron chi connectivity index (χ3n) is 5.86. The van der Waals surface area contributed by atoms with Crippen molar-refractivity contribution in [2.45, 2.75) is 37.8 Å². The van der Waals surface area contributed by atoms with Crippen molar-refractivity contribution in [1.82, 2.24) is 9.21 Å². The van der Waals surface area contributed by atoms with Crippen LogP contribution < -0.4 is 0 Å². The molecule has 1 saturated heterocycles. The van der Waals surface area contributed by atoms with Crippen molar-refractivity contribution in [1.29, 1.82) is 0 Å². The van der Waals surface area contributed by atoms with Gasteiger partial charge in [0.05, 0.1) is 4.90 Å². The Hall–Kier alpha value is -2.96. The minimum atomic E-state index is -3.59. The number of carbonyl (C=O) groups is 1. The summed E-state index contributed by atoms with van der Waals surface area (Å²) in [5, 5.41) is 0. The van der Waals surface area contributed by atoms with Gasteiger partial charge in [-0.25, -0.2) is 8.42 Å². The van der Waals surface area contributed by atoms with Crippen molar-refractivity contribution < 1.29 is 13.2 Å². The highest BCUT2D eigenvalue weighted by atomic mass is 32.2. The summed E-state index contributed by atoms with van der Waals surface area (Å²) < 4.78 is 27.7. The van der Waals surface area contributed by atoms with Crippen LogP contribution in [-0.2, 0) is 23.1 Å². The minimum Gasteiger partial charge on any atom is -0.330 e. The SMILES string of the molecule is Cc1ccc(S(=O)(=O)N2CCCC2)cc1C(=O)N(Cc1ccccc1)Cc1ccccc1. The third kappa shape index (κ3) is 4.92. The fourth-order valence-electron chi connectivity index (χ4n) is 4.05. The normalized spacial score (nSPS) is 14.4. The molecule has 3 aromatic rings. The number of carbonyl (C=O) groups excluding carboxylic acids is 1. The summed E-state index contributed by atoms with van der Waals surface area (Å²) >= 11 is 0. The minimum absolute atomic E-state index is 0.173. The first-order valence-corrected chi connectivity index (χ1v) is 12.4. The van der Waals surface area contributed by atoms with Gasteiger partial charge in [0.2, 0.25) is 10.0 Å². The van der Waals surface area contributed by atoms with E-state index in [0.29, 0.717) is 31.7 Å². The van der Waals surface area contributed by atoms with Crippen LogP contribution in [0, 0.1) is 6.92 Å². The largest absolute Gasteiger partial charge is 0.330 e. The van der Waals surface area contributed by atoms with Gasteiger partial charge >= 0.3 is 0 Å². The Balaban J connectivity index is 1.68. The highest BCUT2D eigenvalue weighted by Gasteiger charge is 2.29. The summed E-state index contributed by atoms with van der Waals surface area (Å²) in [4.78, 5) is 15.7. The number of amides is 1. The zero-order chi connectivity index (χ0) is 22.6. The van der Waals surface area contributed by atoms with Crippen LogP contribution in [0.1, 0.15) is 39.9 Å². The quantitative estimate of drug-likeness (QED) is 0.530. The molecule has 0 spiro atoms. The molecule has 0 unspecified atom stereocenters. The molecule has 32 heavy (non-hydrogen) atoms. The van der Waals surface area contributed by atoms with Crippen molar-refractivity contribution in [3.63, 3.8) is 0 Å². The number of hydrogen-bond acceptors (Lipinski definition) is 3. The summed E-state index contributed by atoms with van der Waals surface area (Å²) in [5.41, 5.74) is 3.24. The molecule has 1 heterocycles. The molecule has 4 rings (SSSR count). The van der Waals surface area contributed by atoms with Crippen LogP contribution in [0.5, 0.6) is 0 Å². The molecule has 1 fully saturated rings. The highest BCUT2D eigenvalue weighted by Crippen LogP contribution is 2.25. The second-order valence-electron chi connectivity index (χ2n) is 8.22. The van der Waals surface area contributed by atoms with Crippen molar-refractivity contribution in [2.24, 2.45) is 0 Å². The molecule has 1 amide bonds. The van der Waals surface area contributed by atoms with E-state index in [-0.39, 0.29) is 10.8 Å². The van der Waals surface area contributed by atoms with Gasteiger partial charge in [-0.15, -0.1) is 0 Å². The number of hydrogen-bond donors (Lipinski definition) is 0. The molecule has 1 aliphatic rings. The zero-order valence-electron chi connectivity index (χ0n) is 18.3. The Labute approximate surface area is 190 Å². The molecule has 0 atom stereocenters. The molecule has 0 saturated carbocycles. The van der Waals surface area contributed by atoms with E-state index >= 15 is 0 Å². The van der Waals surface area contributed by atoms with E-state index in [9.17, 15) is 13.2 Å². The fraction of sp³-hybridized carbons (Fsp3) is 0.269. The number of nitrogens with zero attached hydrogens (tertiary/aromatic N) is 2. The van der Waals surface area contributed by atoms with Gasteiger partial charge in [0, 0.05) is 31.7 Å². The van der Waals surface area contributed by atoms with Gasteiger partial charge in [-0.3, -0.25) is 4.79 Å². The Morgan fingerprint density at radius 3 is 1.91 bits per heavy atom. The molecular weight excluding hydrogens is 420 g/mol. The van der Waals surface area contributed by atoms with E-state index in [2.05, 4.69) is 0 Å². The predicted molar refractivity (Wildman–Crippen MR) is 126 cm³/mol. The van der Waals surface area contributed by atoms with Crippen LogP contribution in [0.25, 0.3) is 0 Å². The lowest BCUT2D eigenvalue weighted by Gasteiger charge is -2.25. The number of rotatable bonds is 7.